The summed E-state index contributed by atoms with van der Waals surface area (Å²) >= 11 is 0. The molecule has 1 aliphatic carbocycles. The lowest BCUT2D eigenvalue weighted by Gasteiger charge is -2.36. The van der Waals surface area contributed by atoms with E-state index in [-0.39, 0.29) is 0 Å². The molecular weight excluding hydrogens is 777 g/mol. The SMILES string of the molecule is c1ccc(-c2cc([Si](c3ccccc3)(c3ccccc3)c3ccccc3)cc(-c3ccccc3)c2-n2c3ccccc3c3c4c(ccc32)C2CCCCC2N4c2ccccc2)cc1. The number of hydrogen-bond acceptors (Lipinski definition) is 1. The molecular formula is C60H48N2Si. The number of nitrogens with zero attached hydrogens (tertiary/aromatic N) is 2. The van der Waals surface area contributed by atoms with Crippen LogP contribution in [0.5, 0.6) is 0 Å². The minimum Gasteiger partial charge on any atom is -0.337 e. The number of para-hydroxylation sites is 2. The van der Waals surface area contributed by atoms with Gasteiger partial charge >= 0.3 is 0 Å². The number of fused-ring (bicyclic) bond motifs is 7. The van der Waals surface area contributed by atoms with Crippen LogP contribution in [0.15, 0.2) is 231 Å². The molecule has 302 valence electrons. The van der Waals surface area contributed by atoms with Crippen molar-refractivity contribution in [3.8, 4) is 27.9 Å². The molecule has 0 amide bonds. The zero-order valence-electron chi connectivity index (χ0n) is 35.3. The van der Waals surface area contributed by atoms with Gasteiger partial charge in [0.05, 0.1) is 22.4 Å². The predicted octanol–water partition coefficient (Wildman–Crippen LogP) is 12.7. The van der Waals surface area contributed by atoms with E-state index in [0.29, 0.717) is 12.0 Å². The maximum atomic E-state index is 2.73. The summed E-state index contributed by atoms with van der Waals surface area (Å²) in [7, 11) is -2.94. The van der Waals surface area contributed by atoms with Crippen molar-refractivity contribution in [2.45, 2.75) is 37.6 Å². The summed E-state index contributed by atoms with van der Waals surface area (Å²) in [6.07, 6.45) is 5.01. The molecule has 0 N–H and O–H groups in total. The molecule has 0 radical (unpaired) electrons. The first-order chi connectivity index (χ1) is 31.3. The third kappa shape index (κ3) is 5.98. The van der Waals surface area contributed by atoms with Crippen LogP contribution in [0, 0.1) is 0 Å². The van der Waals surface area contributed by atoms with Gasteiger partial charge in [-0.25, -0.2) is 0 Å². The van der Waals surface area contributed by atoms with Crippen molar-refractivity contribution in [3.63, 3.8) is 0 Å². The molecule has 1 saturated carbocycles. The van der Waals surface area contributed by atoms with Crippen LogP contribution in [-0.2, 0) is 0 Å². The van der Waals surface area contributed by atoms with Gasteiger partial charge in [-0.3, -0.25) is 0 Å². The summed E-state index contributed by atoms with van der Waals surface area (Å²) in [6.45, 7) is 0. The molecule has 12 rings (SSSR count). The largest absolute Gasteiger partial charge is 0.337 e. The van der Waals surface area contributed by atoms with Crippen molar-refractivity contribution in [1.29, 1.82) is 0 Å². The summed E-state index contributed by atoms with van der Waals surface area (Å²) in [6, 6.07) is 87.3. The molecule has 2 atom stereocenters. The van der Waals surface area contributed by atoms with Crippen LogP contribution in [0.3, 0.4) is 0 Å². The molecule has 0 bridgehead atoms. The molecule has 2 nitrogen and oxygen atoms in total. The second-order valence-corrected chi connectivity index (χ2v) is 21.2. The molecule has 9 aromatic carbocycles. The second-order valence-electron chi connectivity index (χ2n) is 17.4. The highest BCUT2D eigenvalue weighted by Gasteiger charge is 2.44. The van der Waals surface area contributed by atoms with E-state index in [4.69, 9.17) is 0 Å². The van der Waals surface area contributed by atoms with Gasteiger partial charge in [-0.2, -0.15) is 0 Å². The molecule has 2 unspecified atom stereocenters. The van der Waals surface area contributed by atoms with E-state index < -0.39 is 8.07 Å². The Morgan fingerprint density at radius 2 is 0.873 bits per heavy atom. The second kappa shape index (κ2) is 15.6. The first kappa shape index (κ1) is 37.5. The number of benzene rings is 9. The normalized spacial score (nSPS) is 16.0. The molecule has 0 saturated heterocycles. The molecule has 2 aliphatic rings. The summed E-state index contributed by atoms with van der Waals surface area (Å²) in [4.78, 5) is 2.73. The van der Waals surface area contributed by atoms with E-state index in [2.05, 4.69) is 240 Å². The van der Waals surface area contributed by atoms with Gasteiger partial charge in [-0.1, -0.05) is 219 Å². The molecule has 10 aromatic rings. The third-order valence-corrected chi connectivity index (χ3v) is 18.9. The van der Waals surface area contributed by atoms with Crippen LogP contribution < -0.4 is 25.6 Å². The molecule has 63 heavy (non-hydrogen) atoms. The van der Waals surface area contributed by atoms with Gasteiger partial charge < -0.3 is 9.47 Å². The average molecular weight is 825 g/mol. The Bertz CT molecular complexity index is 3060. The Labute approximate surface area is 371 Å². The van der Waals surface area contributed by atoms with E-state index in [0.717, 1.165) is 0 Å². The van der Waals surface area contributed by atoms with Gasteiger partial charge in [0.1, 0.15) is 0 Å². The lowest BCUT2D eigenvalue weighted by Crippen LogP contribution is -2.74. The zero-order valence-corrected chi connectivity index (χ0v) is 36.3. The molecule has 1 fully saturated rings. The summed E-state index contributed by atoms with van der Waals surface area (Å²) < 4.78 is 2.63. The maximum absolute atomic E-state index is 2.94. The van der Waals surface area contributed by atoms with Crippen LogP contribution in [0.4, 0.5) is 11.4 Å². The molecule has 1 aromatic heterocycles. The highest BCUT2D eigenvalue weighted by Crippen LogP contribution is 2.55. The summed E-state index contributed by atoms with van der Waals surface area (Å²) in [5, 5.41) is 8.10. The lowest BCUT2D eigenvalue weighted by atomic mass is 9.82. The third-order valence-electron chi connectivity index (χ3n) is 14.1. The standard InChI is InChI=1S/C60H48N2Si/c1-7-23-43(24-8-1)53-41-49(63(46-29-13-4-14-30-46,47-31-15-5-16-32-47)48-33-17-6-18-34-48)42-54(44-25-9-2-10-26-44)59(53)62-56-38-22-20-36-52(56)58-57(62)40-39-51-50-35-19-21-37-55(50)61(60(51)58)45-27-11-3-12-28-45/h1-18,20,22-34,36,38-42,50,55H,19,21,35,37H2. The Hall–Kier alpha value is -7.20. The van der Waals surface area contributed by atoms with Crippen LogP contribution in [0.25, 0.3) is 49.7 Å². The van der Waals surface area contributed by atoms with E-state index in [1.165, 1.54) is 113 Å². The van der Waals surface area contributed by atoms with Crippen LogP contribution in [0.2, 0.25) is 0 Å². The smallest absolute Gasteiger partial charge is 0.179 e. The van der Waals surface area contributed by atoms with Gasteiger partial charge in [-0.05, 0) is 74.5 Å². The highest BCUT2D eigenvalue weighted by atomic mass is 28.3. The van der Waals surface area contributed by atoms with Crippen molar-refractivity contribution in [2.75, 3.05) is 4.90 Å². The minimum absolute atomic E-state index is 0.454. The van der Waals surface area contributed by atoms with E-state index in [9.17, 15) is 0 Å². The van der Waals surface area contributed by atoms with Crippen LogP contribution >= 0.6 is 0 Å². The first-order valence-electron chi connectivity index (χ1n) is 22.7. The fourth-order valence-corrected chi connectivity index (χ4v) is 16.3. The van der Waals surface area contributed by atoms with Gasteiger partial charge in [0.2, 0.25) is 0 Å². The van der Waals surface area contributed by atoms with Crippen molar-refractivity contribution in [3.05, 3.63) is 236 Å². The monoisotopic (exact) mass is 824 g/mol. The van der Waals surface area contributed by atoms with Gasteiger partial charge in [0.15, 0.2) is 8.07 Å². The van der Waals surface area contributed by atoms with Crippen LogP contribution in [-0.4, -0.2) is 18.7 Å². The van der Waals surface area contributed by atoms with E-state index >= 15 is 0 Å². The van der Waals surface area contributed by atoms with Gasteiger partial charge in [0, 0.05) is 39.5 Å². The lowest BCUT2D eigenvalue weighted by molar-refractivity contribution is 0.402. The molecule has 2 heterocycles. The van der Waals surface area contributed by atoms with Crippen molar-refractivity contribution in [2.24, 2.45) is 0 Å². The number of hydrogen-bond donors (Lipinski definition) is 0. The molecule has 0 spiro atoms. The fraction of sp³-hybridized carbons (Fsp3) is 0.100. The Morgan fingerprint density at radius 3 is 1.43 bits per heavy atom. The molecule has 3 heteroatoms. The Balaban J connectivity index is 1.24. The zero-order chi connectivity index (χ0) is 41.7. The Kier molecular flexibility index (Phi) is 9.30. The van der Waals surface area contributed by atoms with Crippen LogP contribution in [0.1, 0.15) is 37.2 Å². The van der Waals surface area contributed by atoms with Gasteiger partial charge in [-0.15, -0.1) is 0 Å². The quantitative estimate of drug-likeness (QED) is 0.109. The van der Waals surface area contributed by atoms with E-state index in [1.54, 1.807) is 0 Å². The van der Waals surface area contributed by atoms with Crippen molar-refractivity contribution < 1.29 is 0 Å². The number of anilines is 2. The Morgan fingerprint density at radius 1 is 0.397 bits per heavy atom. The summed E-state index contributed by atoms with van der Waals surface area (Å²) in [5.74, 6) is 0.520. The first-order valence-corrected chi connectivity index (χ1v) is 24.7. The average Bonchev–Trinajstić information content (AvgIpc) is 3.89. The predicted molar refractivity (Wildman–Crippen MR) is 269 cm³/mol. The highest BCUT2D eigenvalue weighted by molar-refractivity contribution is 7.20. The van der Waals surface area contributed by atoms with Gasteiger partial charge in [0.25, 0.3) is 0 Å². The van der Waals surface area contributed by atoms with Crippen molar-refractivity contribution in [1.82, 2.24) is 4.57 Å². The number of rotatable bonds is 8. The molecule has 1 aliphatic heterocycles. The minimum atomic E-state index is -2.94. The van der Waals surface area contributed by atoms with Crippen molar-refractivity contribution >= 4 is 62.0 Å². The maximum Gasteiger partial charge on any atom is 0.179 e. The fourth-order valence-electron chi connectivity index (χ4n) is 11.5. The van der Waals surface area contributed by atoms with E-state index in [1.807, 2.05) is 0 Å². The summed E-state index contributed by atoms with van der Waals surface area (Å²) in [5.41, 5.74) is 12.7. The topological polar surface area (TPSA) is 8.17 Å². The number of aromatic nitrogens is 1.